The number of carbonyl (C=O) groups is 1. The Morgan fingerprint density at radius 3 is 2.67 bits per heavy atom. The van der Waals surface area contributed by atoms with Crippen LogP contribution in [0.1, 0.15) is 57.1 Å². The van der Waals surface area contributed by atoms with Crippen molar-refractivity contribution in [1.29, 1.82) is 0 Å². The van der Waals surface area contributed by atoms with Crippen molar-refractivity contribution in [2.75, 3.05) is 0 Å². The monoisotopic (exact) mass is 246 g/mol. The highest BCUT2D eigenvalue weighted by molar-refractivity contribution is 5.74. The average Bonchev–Trinajstić information content (AvgIpc) is 2.77. The minimum absolute atomic E-state index is 0.000325. The smallest absolute Gasteiger partial charge is 0.309 e. The molecule has 1 aliphatic heterocycles. The Kier molecular flexibility index (Phi) is 4.80. The van der Waals surface area contributed by atoms with Crippen LogP contribution in [0.5, 0.6) is 0 Å². The molecule has 18 heavy (non-hydrogen) atoms. The van der Waals surface area contributed by atoms with E-state index in [0.29, 0.717) is 0 Å². The van der Waals surface area contributed by atoms with E-state index >= 15 is 0 Å². The molecule has 0 N–H and O–H groups in total. The third kappa shape index (κ3) is 3.34. The van der Waals surface area contributed by atoms with Crippen molar-refractivity contribution in [2.45, 2.75) is 51.6 Å². The number of benzene rings is 1. The molecule has 0 bridgehead atoms. The summed E-state index contributed by atoms with van der Waals surface area (Å²) in [7, 11) is 0. The van der Waals surface area contributed by atoms with Crippen molar-refractivity contribution in [3.63, 3.8) is 0 Å². The van der Waals surface area contributed by atoms with E-state index in [-0.39, 0.29) is 18.0 Å². The molecular weight excluding hydrogens is 224 g/mol. The molecule has 0 unspecified atom stereocenters. The molecule has 0 spiro atoms. The lowest BCUT2D eigenvalue weighted by Gasteiger charge is -2.08. The second-order valence-corrected chi connectivity index (χ2v) is 5.12. The maximum Gasteiger partial charge on any atom is 0.309 e. The Labute approximate surface area is 109 Å². The summed E-state index contributed by atoms with van der Waals surface area (Å²) in [5.74, 6) is 0.118. The van der Waals surface area contributed by atoms with Crippen LogP contribution >= 0.6 is 0 Å². The van der Waals surface area contributed by atoms with Crippen molar-refractivity contribution < 1.29 is 9.53 Å². The molecular formula is C16H22O2. The standard InChI is InChI=1S/C16H22O2/c1-2-3-4-6-11-14-12-15(18-16(14)17)13-9-7-5-8-10-13/h5,7-10,14-15H,2-4,6,11-12H2,1H3/t14-,15+/m1/s1. The second-order valence-electron chi connectivity index (χ2n) is 5.12. The number of esters is 1. The highest BCUT2D eigenvalue weighted by Crippen LogP contribution is 2.35. The van der Waals surface area contributed by atoms with E-state index in [1.165, 1.54) is 19.3 Å². The molecule has 2 rings (SSSR count). The van der Waals surface area contributed by atoms with E-state index in [1.54, 1.807) is 0 Å². The number of ether oxygens (including phenoxy) is 1. The van der Waals surface area contributed by atoms with Gasteiger partial charge in [0, 0.05) is 6.42 Å². The zero-order chi connectivity index (χ0) is 12.8. The van der Waals surface area contributed by atoms with Gasteiger partial charge in [-0.05, 0) is 12.0 Å². The van der Waals surface area contributed by atoms with E-state index < -0.39 is 0 Å². The number of hydrogen-bond acceptors (Lipinski definition) is 2. The molecule has 0 amide bonds. The van der Waals surface area contributed by atoms with E-state index in [4.69, 9.17) is 4.74 Å². The largest absolute Gasteiger partial charge is 0.457 e. The maximum absolute atomic E-state index is 11.8. The molecule has 0 aromatic heterocycles. The molecule has 1 fully saturated rings. The van der Waals surface area contributed by atoms with Crippen LogP contribution in [0.3, 0.4) is 0 Å². The van der Waals surface area contributed by atoms with Gasteiger partial charge >= 0.3 is 5.97 Å². The van der Waals surface area contributed by atoms with Crippen molar-refractivity contribution in [1.82, 2.24) is 0 Å². The molecule has 1 aromatic carbocycles. The van der Waals surface area contributed by atoms with Crippen molar-refractivity contribution >= 4 is 5.97 Å². The van der Waals surface area contributed by atoms with Gasteiger partial charge in [0.25, 0.3) is 0 Å². The van der Waals surface area contributed by atoms with Crippen molar-refractivity contribution in [2.24, 2.45) is 5.92 Å². The van der Waals surface area contributed by atoms with Gasteiger partial charge in [-0.2, -0.15) is 0 Å². The van der Waals surface area contributed by atoms with E-state index in [1.807, 2.05) is 30.3 Å². The first-order chi connectivity index (χ1) is 8.81. The predicted octanol–water partition coefficient (Wildman–Crippen LogP) is 4.26. The van der Waals surface area contributed by atoms with Crippen LogP contribution in [0, 0.1) is 5.92 Å². The van der Waals surface area contributed by atoms with Crippen LogP contribution in [0.15, 0.2) is 30.3 Å². The lowest BCUT2D eigenvalue weighted by Crippen LogP contribution is -2.06. The molecule has 2 nitrogen and oxygen atoms in total. The summed E-state index contributed by atoms with van der Waals surface area (Å²) in [5, 5.41) is 0. The van der Waals surface area contributed by atoms with E-state index in [9.17, 15) is 4.79 Å². The summed E-state index contributed by atoms with van der Waals surface area (Å²) in [6.07, 6.45) is 6.71. The van der Waals surface area contributed by atoms with E-state index in [2.05, 4.69) is 6.92 Å². The van der Waals surface area contributed by atoms with Gasteiger partial charge in [0.1, 0.15) is 6.10 Å². The zero-order valence-corrected chi connectivity index (χ0v) is 11.1. The Morgan fingerprint density at radius 1 is 1.17 bits per heavy atom. The molecule has 1 saturated heterocycles. The Bertz CT molecular complexity index is 372. The predicted molar refractivity (Wildman–Crippen MR) is 72.1 cm³/mol. The topological polar surface area (TPSA) is 26.3 Å². The highest BCUT2D eigenvalue weighted by Gasteiger charge is 2.34. The van der Waals surface area contributed by atoms with Crippen LogP contribution < -0.4 is 0 Å². The van der Waals surface area contributed by atoms with Gasteiger partial charge in [-0.1, -0.05) is 62.9 Å². The van der Waals surface area contributed by atoms with Crippen LogP contribution in [0.2, 0.25) is 0 Å². The number of cyclic esters (lactones) is 1. The van der Waals surface area contributed by atoms with Crippen molar-refractivity contribution in [3.05, 3.63) is 35.9 Å². The van der Waals surface area contributed by atoms with Gasteiger partial charge in [-0.3, -0.25) is 4.79 Å². The fourth-order valence-corrected chi connectivity index (χ4v) is 2.56. The summed E-state index contributed by atoms with van der Waals surface area (Å²) >= 11 is 0. The van der Waals surface area contributed by atoms with Gasteiger partial charge in [0.2, 0.25) is 0 Å². The molecule has 0 saturated carbocycles. The van der Waals surface area contributed by atoms with Gasteiger partial charge in [0.05, 0.1) is 5.92 Å². The molecule has 1 heterocycles. The quantitative estimate of drug-likeness (QED) is 0.553. The SMILES string of the molecule is CCCCCC[C@@H]1C[C@@H](c2ccccc2)OC1=O. The van der Waals surface area contributed by atoms with Crippen LogP contribution in [-0.4, -0.2) is 5.97 Å². The molecule has 1 aliphatic rings. The fourth-order valence-electron chi connectivity index (χ4n) is 2.56. The maximum atomic E-state index is 11.8. The van der Waals surface area contributed by atoms with Crippen LogP contribution in [0.25, 0.3) is 0 Å². The third-order valence-electron chi connectivity index (χ3n) is 3.67. The summed E-state index contributed by atoms with van der Waals surface area (Å²) in [6, 6.07) is 10.1. The fraction of sp³-hybridized carbons (Fsp3) is 0.562. The number of unbranched alkanes of at least 4 members (excludes halogenated alkanes) is 3. The first kappa shape index (κ1) is 13.1. The molecule has 2 atom stereocenters. The minimum Gasteiger partial charge on any atom is -0.457 e. The highest BCUT2D eigenvalue weighted by atomic mass is 16.5. The normalized spacial score (nSPS) is 23.1. The number of carbonyl (C=O) groups excluding carboxylic acids is 1. The Morgan fingerprint density at radius 2 is 1.94 bits per heavy atom. The van der Waals surface area contributed by atoms with Gasteiger partial charge in [-0.15, -0.1) is 0 Å². The Balaban J connectivity index is 1.83. The number of rotatable bonds is 6. The summed E-state index contributed by atoms with van der Waals surface area (Å²) in [6.45, 7) is 2.20. The molecule has 0 aliphatic carbocycles. The molecule has 98 valence electrons. The molecule has 2 heteroatoms. The minimum atomic E-state index is -0.0186. The van der Waals surface area contributed by atoms with Crippen molar-refractivity contribution in [3.8, 4) is 0 Å². The van der Waals surface area contributed by atoms with Gasteiger partial charge in [0.15, 0.2) is 0 Å². The second kappa shape index (κ2) is 6.58. The summed E-state index contributed by atoms with van der Waals surface area (Å²) < 4.78 is 5.48. The van der Waals surface area contributed by atoms with E-state index in [0.717, 1.165) is 24.8 Å². The summed E-state index contributed by atoms with van der Waals surface area (Å²) in [5.41, 5.74) is 1.13. The molecule has 0 radical (unpaired) electrons. The Hall–Kier alpha value is -1.31. The van der Waals surface area contributed by atoms with Gasteiger partial charge < -0.3 is 4.74 Å². The molecule has 1 aromatic rings. The third-order valence-corrected chi connectivity index (χ3v) is 3.67. The van der Waals surface area contributed by atoms with Crippen LogP contribution in [0.4, 0.5) is 0 Å². The summed E-state index contributed by atoms with van der Waals surface area (Å²) in [4.78, 5) is 11.8. The zero-order valence-electron chi connectivity index (χ0n) is 11.1. The van der Waals surface area contributed by atoms with Gasteiger partial charge in [-0.25, -0.2) is 0 Å². The first-order valence-corrected chi connectivity index (χ1v) is 7.06. The lowest BCUT2D eigenvalue weighted by atomic mass is 9.95. The first-order valence-electron chi connectivity index (χ1n) is 7.06. The number of hydrogen-bond donors (Lipinski definition) is 0. The lowest BCUT2D eigenvalue weighted by molar-refractivity contribution is -0.144. The average molecular weight is 246 g/mol. The van der Waals surface area contributed by atoms with Crippen LogP contribution in [-0.2, 0) is 9.53 Å².